The number of aliphatic hydroxyl groups is 1. The lowest BCUT2D eigenvalue weighted by molar-refractivity contribution is -0.135. The van der Waals surface area contributed by atoms with Crippen LogP contribution in [-0.4, -0.2) is 23.5 Å². The first kappa shape index (κ1) is 21.9. The predicted octanol–water partition coefficient (Wildman–Crippen LogP) is 5.51. The molecule has 1 heterocycles. The summed E-state index contributed by atoms with van der Waals surface area (Å²) in [7, 11) is 0. The van der Waals surface area contributed by atoms with E-state index in [9.17, 15) is 14.7 Å². The van der Waals surface area contributed by atoms with Crippen molar-refractivity contribution in [2.45, 2.75) is 71.1 Å². The molecule has 26 heavy (non-hydrogen) atoms. The van der Waals surface area contributed by atoms with Gasteiger partial charge in [0.1, 0.15) is 11.3 Å². The minimum Gasteiger partial charge on any atom is -0.511 e. The number of esters is 1. The summed E-state index contributed by atoms with van der Waals surface area (Å²) in [4.78, 5) is 22.7. The zero-order valence-corrected chi connectivity index (χ0v) is 15.9. The summed E-state index contributed by atoms with van der Waals surface area (Å²) in [5.41, 5.74) is -0.162. The van der Waals surface area contributed by atoms with Crippen molar-refractivity contribution < 1.29 is 19.4 Å². The number of carbonyl (C=O) groups excluding carboxylic acids is 2. The molecule has 1 N–H and O–H groups in total. The van der Waals surface area contributed by atoms with Crippen LogP contribution < -0.4 is 0 Å². The van der Waals surface area contributed by atoms with E-state index in [1.807, 2.05) is 0 Å². The number of allylic oxidation sites excluding steroid dienone is 7. The Balaban J connectivity index is 2.04. The summed E-state index contributed by atoms with van der Waals surface area (Å²) in [5, 5.41) is 9.82. The fourth-order valence-corrected chi connectivity index (χ4v) is 2.64. The van der Waals surface area contributed by atoms with Gasteiger partial charge in [-0.2, -0.15) is 0 Å². The SMILES string of the molecule is CCCCC/C=C\C/C=C\C/C=C\CCCCC(O)=C1C(=O)COC1=O. The molecule has 0 radical (unpaired) electrons. The van der Waals surface area contributed by atoms with E-state index in [1.165, 1.54) is 25.7 Å². The van der Waals surface area contributed by atoms with Crippen molar-refractivity contribution in [3.8, 4) is 0 Å². The fraction of sp³-hybridized carbons (Fsp3) is 0.545. The Hall–Kier alpha value is -2.10. The molecule has 0 spiro atoms. The second kappa shape index (κ2) is 14.1. The van der Waals surface area contributed by atoms with E-state index in [4.69, 9.17) is 0 Å². The maximum atomic E-state index is 11.4. The van der Waals surface area contributed by atoms with Crippen LogP contribution in [0.1, 0.15) is 71.1 Å². The number of carbonyl (C=O) groups is 2. The number of Topliss-reactive ketones (excluding diaryl/α,β-unsaturated/α-hetero) is 1. The van der Waals surface area contributed by atoms with Crippen molar-refractivity contribution in [2.75, 3.05) is 6.61 Å². The van der Waals surface area contributed by atoms with Gasteiger partial charge in [-0.3, -0.25) is 4.79 Å². The van der Waals surface area contributed by atoms with Gasteiger partial charge in [-0.1, -0.05) is 56.2 Å². The summed E-state index contributed by atoms with van der Waals surface area (Å²) in [6.45, 7) is 1.97. The molecule has 0 amide bonds. The van der Waals surface area contributed by atoms with Crippen LogP contribution in [0.2, 0.25) is 0 Å². The second-order valence-corrected chi connectivity index (χ2v) is 6.45. The first-order valence-electron chi connectivity index (χ1n) is 9.74. The van der Waals surface area contributed by atoms with Crippen LogP contribution in [0.3, 0.4) is 0 Å². The largest absolute Gasteiger partial charge is 0.511 e. The Morgan fingerprint density at radius 1 is 0.923 bits per heavy atom. The van der Waals surface area contributed by atoms with Crippen LogP contribution >= 0.6 is 0 Å². The van der Waals surface area contributed by atoms with Gasteiger partial charge in [0.2, 0.25) is 5.78 Å². The number of rotatable bonds is 13. The van der Waals surface area contributed by atoms with E-state index < -0.39 is 11.8 Å². The lowest BCUT2D eigenvalue weighted by Crippen LogP contribution is -2.05. The standard InChI is InChI=1S/C22H32O4/c1-2-3-4-5-6-7-8-9-10-11-12-13-14-15-16-17-19(23)21-20(24)18-26-22(21)25/h6-7,9-10,12-13,23H,2-5,8,11,14-18H2,1H3/b7-6-,10-9-,13-12-,21-19?. The highest BCUT2D eigenvalue weighted by Gasteiger charge is 2.31. The van der Waals surface area contributed by atoms with E-state index >= 15 is 0 Å². The van der Waals surface area contributed by atoms with Gasteiger partial charge in [0.15, 0.2) is 6.61 Å². The third-order valence-electron chi connectivity index (χ3n) is 4.16. The molecular formula is C22H32O4. The molecular weight excluding hydrogens is 328 g/mol. The highest BCUT2D eigenvalue weighted by atomic mass is 16.5. The smallest absolute Gasteiger partial charge is 0.345 e. The third-order valence-corrected chi connectivity index (χ3v) is 4.16. The van der Waals surface area contributed by atoms with Gasteiger partial charge in [0.25, 0.3) is 0 Å². The average Bonchev–Trinajstić information content (AvgIpc) is 2.96. The van der Waals surface area contributed by atoms with Crippen molar-refractivity contribution in [1.29, 1.82) is 0 Å². The van der Waals surface area contributed by atoms with Crippen molar-refractivity contribution in [3.63, 3.8) is 0 Å². The average molecular weight is 360 g/mol. The molecule has 0 aliphatic carbocycles. The van der Waals surface area contributed by atoms with E-state index in [0.29, 0.717) is 6.42 Å². The Labute approximate surface area is 157 Å². The highest BCUT2D eigenvalue weighted by Crippen LogP contribution is 2.17. The Morgan fingerprint density at radius 3 is 2.04 bits per heavy atom. The summed E-state index contributed by atoms with van der Waals surface area (Å²) in [6.07, 6.45) is 23.0. The molecule has 0 atom stereocenters. The number of hydrogen-bond acceptors (Lipinski definition) is 4. The molecule has 4 nitrogen and oxygen atoms in total. The van der Waals surface area contributed by atoms with Crippen LogP contribution in [0.5, 0.6) is 0 Å². The molecule has 4 heteroatoms. The lowest BCUT2D eigenvalue weighted by atomic mass is 10.1. The molecule has 0 unspecified atom stereocenters. The fourth-order valence-electron chi connectivity index (χ4n) is 2.64. The molecule has 0 bridgehead atoms. The van der Waals surface area contributed by atoms with Crippen molar-refractivity contribution in [1.82, 2.24) is 0 Å². The first-order valence-corrected chi connectivity index (χ1v) is 9.74. The highest BCUT2D eigenvalue weighted by molar-refractivity contribution is 6.22. The number of ketones is 1. The molecule has 1 rings (SSSR count). The number of unbranched alkanes of at least 4 members (excludes halogenated alkanes) is 5. The third kappa shape index (κ3) is 9.40. The van der Waals surface area contributed by atoms with E-state index in [0.717, 1.165) is 32.1 Å². The van der Waals surface area contributed by atoms with Crippen molar-refractivity contribution in [3.05, 3.63) is 47.8 Å². The van der Waals surface area contributed by atoms with Crippen LogP contribution in [-0.2, 0) is 14.3 Å². The van der Waals surface area contributed by atoms with E-state index in [1.54, 1.807) is 0 Å². The van der Waals surface area contributed by atoms with Gasteiger partial charge in [0.05, 0.1) is 0 Å². The monoisotopic (exact) mass is 360 g/mol. The zero-order chi connectivity index (χ0) is 19.0. The van der Waals surface area contributed by atoms with Gasteiger partial charge in [-0.25, -0.2) is 4.79 Å². The molecule has 0 saturated carbocycles. The summed E-state index contributed by atoms with van der Waals surface area (Å²) in [5.74, 6) is -1.25. The van der Waals surface area contributed by atoms with Gasteiger partial charge in [-0.15, -0.1) is 0 Å². The molecule has 1 aliphatic rings. The normalized spacial score (nSPS) is 17.1. The first-order chi connectivity index (χ1) is 12.7. The topological polar surface area (TPSA) is 63.6 Å². The van der Waals surface area contributed by atoms with Crippen LogP contribution in [0.25, 0.3) is 0 Å². The Morgan fingerprint density at radius 2 is 1.50 bits per heavy atom. The van der Waals surface area contributed by atoms with Crippen molar-refractivity contribution >= 4 is 11.8 Å². The van der Waals surface area contributed by atoms with Crippen LogP contribution in [0.15, 0.2) is 47.8 Å². The molecule has 0 aromatic carbocycles. The maximum Gasteiger partial charge on any atom is 0.345 e. The zero-order valence-electron chi connectivity index (χ0n) is 15.9. The maximum absolute atomic E-state index is 11.4. The van der Waals surface area contributed by atoms with Crippen LogP contribution in [0.4, 0.5) is 0 Å². The van der Waals surface area contributed by atoms with Gasteiger partial charge in [-0.05, 0) is 44.9 Å². The minimum absolute atomic E-state index is 0.132. The molecule has 0 aromatic rings. The molecule has 1 fully saturated rings. The molecule has 144 valence electrons. The summed E-state index contributed by atoms with van der Waals surface area (Å²) in [6, 6.07) is 0. The van der Waals surface area contributed by atoms with Crippen LogP contribution in [0, 0.1) is 0 Å². The number of aliphatic hydroxyl groups excluding tert-OH is 1. The second-order valence-electron chi connectivity index (χ2n) is 6.45. The molecule has 1 aliphatic heterocycles. The molecule has 0 aromatic heterocycles. The Bertz CT molecular complexity index is 534. The van der Waals surface area contributed by atoms with E-state index in [-0.39, 0.29) is 17.9 Å². The van der Waals surface area contributed by atoms with Gasteiger partial charge < -0.3 is 9.84 Å². The Kier molecular flexibility index (Phi) is 11.9. The quantitative estimate of drug-likeness (QED) is 0.117. The van der Waals surface area contributed by atoms with Crippen molar-refractivity contribution in [2.24, 2.45) is 0 Å². The molecule has 1 saturated heterocycles. The predicted molar refractivity (Wildman–Crippen MR) is 105 cm³/mol. The lowest BCUT2D eigenvalue weighted by Gasteiger charge is -2.00. The number of hydrogen-bond donors (Lipinski definition) is 1. The van der Waals surface area contributed by atoms with Gasteiger partial charge >= 0.3 is 5.97 Å². The minimum atomic E-state index is -0.699. The summed E-state index contributed by atoms with van der Waals surface area (Å²) < 4.78 is 4.60. The van der Waals surface area contributed by atoms with E-state index in [2.05, 4.69) is 48.1 Å². The summed E-state index contributed by atoms with van der Waals surface area (Å²) >= 11 is 0. The van der Waals surface area contributed by atoms with Gasteiger partial charge in [0, 0.05) is 6.42 Å². The number of cyclic esters (lactones) is 1. The number of ether oxygens (including phenoxy) is 1.